The first kappa shape index (κ1) is 21.5. The number of hydrogen-bond donors (Lipinski definition) is 1. The molecule has 0 aromatic heterocycles. The molecule has 1 amide bonds. The summed E-state index contributed by atoms with van der Waals surface area (Å²) in [7, 11) is 0. The van der Waals surface area contributed by atoms with Gasteiger partial charge in [0.15, 0.2) is 5.78 Å². The summed E-state index contributed by atoms with van der Waals surface area (Å²) < 4.78 is 14.4. The van der Waals surface area contributed by atoms with Crippen molar-refractivity contribution in [2.75, 3.05) is 23.0 Å². The van der Waals surface area contributed by atoms with Gasteiger partial charge in [-0.2, -0.15) is 10.4 Å². The number of hydrazone groups is 1. The molecular formula is C24H24FN5O2. The van der Waals surface area contributed by atoms with Gasteiger partial charge in [0, 0.05) is 25.6 Å². The molecule has 32 heavy (non-hydrogen) atoms. The monoisotopic (exact) mass is 433 g/mol. The van der Waals surface area contributed by atoms with Crippen molar-refractivity contribution in [3.8, 4) is 6.07 Å². The fourth-order valence-electron chi connectivity index (χ4n) is 4.20. The molecule has 0 aliphatic carbocycles. The van der Waals surface area contributed by atoms with Crippen LogP contribution in [0.15, 0.2) is 53.6 Å². The number of hydrogen-bond acceptors (Lipinski definition) is 6. The van der Waals surface area contributed by atoms with E-state index in [0.717, 1.165) is 18.5 Å². The van der Waals surface area contributed by atoms with Crippen LogP contribution < -0.4 is 15.2 Å². The van der Waals surface area contributed by atoms with Crippen LogP contribution in [0.2, 0.25) is 0 Å². The highest BCUT2D eigenvalue weighted by Gasteiger charge is 2.35. The van der Waals surface area contributed by atoms with Crippen molar-refractivity contribution in [2.45, 2.75) is 38.3 Å². The quantitative estimate of drug-likeness (QED) is 0.783. The minimum atomic E-state index is -0.506. The molecule has 4 rings (SSSR count). The van der Waals surface area contributed by atoms with E-state index in [1.807, 2.05) is 41.3 Å². The molecule has 0 radical (unpaired) electrons. The van der Waals surface area contributed by atoms with E-state index in [0.29, 0.717) is 24.5 Å². The van der Waals surface area contributed by atoms with E-state index >= 15 is 0 Å². The molecule has 0 bridgehead atoms. The lowest BCUT2D eigenvalue weighted by Crippen LogP contribution is -2.49. The van der Waals surface area contributed by atoms with Gasteiger partial charge in [-0.3, -0.25) is 14.6 Å². The number of anilines is 2. The largest absolute Gasteiger partial charge is 0.367 e. The molecule has 2 unspecified atom stereocenters. The molecule has 1 fully saturated rings. The number of carbonyl (C=O) groups is 2. The van der Waals surface area contributed by atoms with Gasteiger partial charge in [-0.25, -0.2) is 4.39 Å². The highest BCUT2D eigenvalue weighted by atomic mass is 19.1. The van der Waals surface area contributed by atoms with E-state index in [1.165, 1.54) is 13.0 Å². The first-order valence-corrected chi connectivity index (χ1v) is 10.6. The van der Waals surface area contributed by atoms with Crippen molar-refractivity contribution >= 4 is 28.8 Å². The standard InChI is InChI=1S/C24H24FN5O2/c1-16(31)23-13-21(28-30(23)19-7-3-2-4-8-19)24(32)27-18-6-5-11-29(15-18)22-10-9-17(14-26)12-20(22)25/h2-4,7-10,12,18,23H,5-6,11,13,15H2,1H3,(H,27,32). The summed E-state index contributed by atoms with van der Waals surface area (Å²) in [6.45, 7) is 2.63. The van der Waals surface area contributed by atoms with E-state index in [9.17, 15) is 14.0 Å². The fourth-order valence-corrected chi connectivity index (χ4v) is 4.20. The summed E-state index contributed by atoms with van der Waals surface area (Å²) in [4.78, 5) is 27.0. The van der Waals surface area contributed by atoms with Crippen LogP contribution in [-0.2, 0) is 9.59 Å². The number of piperidine rings is 1. The Morgan fingerprint density at radius 1 is 1.22 bits per heavy atom. The van der Waals surface area contributed by atoms with Gasteiger partial charge in [0.2, 0.25) is 0 Å². The Morgan fingerprint density at radius 2 is 2.00 bits per heavy atom. The predicted octanol–water partition coefficient (Wildman–Crippen LogP) is 3.01. The van der Waals surface area contributed by atoms with Crippen molar-refractivity contribution < 1.29 is 14.0 Å². The molecule has 2 aromatic rings. The smallest absolute Gasteiger partial charge is 0.267 e. The van der Waals surface area contributed by atoms with Crippen LogP contribution in [0, 0.1) is 17.1 Å². The Kier molecular flexibility index (Phi) is 6.17. The summed E-state index contributed by atoms with van der Waals surface area (Å²) >= 11 is 0. The molecular weight excluding hydrogens is 409 g/mol. The van der Waals surface area contributed by atoms with Crippen LogP contribution in [0.25, 0.3) is 0 Å². The molecule has 2 aliphatic heterocycles. The molecule has 8 heteroatoms. The zero-order valence-electron chi connectivity index (χ0n) is 17.8. The number of Topliss-reactive ketones (excluding diaryl/α,β-unsaturated/α-hetero) is 1. The number of carbonyl (C=O) groups excluding carboxylic acids is 2. The van der Waals surface area contributed by atoms with Crippen molar-refractivity contribution in [2.24, 2.45) is 5.10 Å². The Bertz CT molecular complexity index is 1100. The van der Waals surface area contributed by atoms with E-state index in [4.69, 9.17) is 5.26 Å². The third kappa shape index (κ3) is 4.47. The molecule has 2 aliphatic rings. The lowest BCUT2D eigenvalue weighted by Gasteiger charge is -2.35. The second-order valence-corrected chi connectivity index (χ2v) is 8.09. The number of nitrogens with one attached hydrogen (secondary N) is 1. The fraction of sp³-hybridized carbons (Fsp3) is 0.333. The Hall–Kier alpha value is -3.73. The zero-order valence-corrected chi connectivity index (χ0v) is 17.8. The number of halogens is 1. The molecule has 0 saturated carbocycles. The number of para-hydroxylation sites is 1. The first-order chi connectivity index (χ1) is 15.5. The minimum absolute atomic E-state index is 0.0551. The van der Waals surface area contributed by atoms with Crippen LogP contribution in [0.1, 0.15) is 31.7 Å². The highest BCUT2D eigenvalue weighted by Crippen LogP contribution is 2.26. The highest BCUT2D eigenvalue weighted by molar-refractivity contribution is 6.40. The van der Waals surface area contributed by atoms with Crippen LogP contribution in [-0.4, -0.2) is 42.6 Å². The minimum Gasteiger partial charge on any atom is -0.367 e. The average Bonchev–Trinajstić information content (AvgIpc) is 3.26. The summed E-state index contributed by atoms with van der Waals surface area (Å²) in [6, 6.07) is 15.0. The first-order valence-electron chi connectivity index (χ1n) is 10.6. The Morgan fingerprint density at radius 3 is 2.69 bits per heavy atom. The Balaban J connectivity index is 1.45. The summed E-state index contributed by atoms with van der Waals surface area (Å²) in [5, 5.41) is 18.0. The van der Waals surface area contributed by atoms with Crippen molar-refractivity contribution in [1.82, 2.24) is 5.32 Å². The van der Waals surface area contributed by atoms with E-state index in [1.54, 1.807) is 17.1 Å². The van der Waals surface area contributed by atoms with Crippen LogP contribution in [0.4, 0.5) is 15.8 Å². The van der Waals surface area contributed by atoms with E-state index < -0.39 is 11.9 Å². The Labute approximate surface area is 186 Å². The number of benzene rings is 2. The third-order valence-corrected chi connectivity index (χ3v) is 5.84. The number of nitriles is 1. The van der Waals surface area contributed by atoms with Crippen molar-refractivity contribution in [3.05, 3.63) is 59.9 Å². The SMILES string of the molecule is CC(=O)C1CC(C(=O)NC2CCCN(c3ccc(C#N)cc3F)C2)=NN1c1ccccc1. The number of rotatable bonds is 5. The number of ketones is 1. The molecule has 2 heterocycles. The normalized spacial score (nSPS) is 20.5. The maximum Gasteiger partial charge on any atom is 0.267 e. The lowest BCUT2D eigenvalue weighted by atomic mass is 10.0. The molecule has 164 valence electrons. The second-order valence-electron chi connectivity index (χ2n) is 8.09. The lowest BCUT2D eigenvalue weighted by molar-refractivity contribution is -0.118. The maximum absolute atomic E-state index is 14.4. The summed E-state index contributed by atoms with van der Waals surface area (Å²) in [5.74, 6) is -0.804. The van der Waals surface area contributed by atoms with Gasteiger partial charge >= 0.3 is 0 Å². The van der Waals surface area contributed by atoms with E-state index in [-0.39, 0.29) is 29.7 Å². The van der Waals surface area contributed by atoms with Crippen LogP contribution >= 0.6 is 0 Å². The van der Waals surface area contributed by atoms with Gasteiger partial charge in [0.1, 0.15) is 17.6 Å². The average molecular weight is 433 g/mol. The van der Waals surface area contributed by atoms with Gasteiger partial charge in [-0.15, -0.1) is 0 Å². The third-order valence-electron chi connectivity index (χ3n) is 5.84. The van der Waals surface area contributed by atoms with Crippen LogP contribution in [0.5, 0.6) is 0 Å². The maximum atomic E-state index is 14.4. The number of nitrogens with zero attached hydrogens (tertiary/aromatic N) is 4. The van der Waals surface area contributed by atoms with Crippen molar-refractivity contribution in [1.29, 1.82) is 5.26 Å². The van der Waals surface area contributed by atoms with Gasteiger partial charge < -0.3 is 10.2 Å². The molecule has 2 atom stereocenters. The molecule has 7 nitrogen and oxygen atoms in total. The number of amides is 1. The molecule has 2 aromatic carbocycles. The zero-order chi connectivity index (χ0) is 22.7. The van der Waals surface area contributed by atoms with Crippen molar-refractivity contribution in [3.63, 3.8) is 0 Å². The van der Waals surface area contributed by atoms with E-state index in [2.05, 4.69) is 10.4 Å². The topological polar surface area (TPSA) is 88.8 Å². The van der Waals surface area contributed by atoms with Crippen LogP contribution in [0.3, 0.4) is 0 Å². The van der Waals surface area contributed by atoms with Gasteiger partial charge in [-0.05, 0) is 50.1 Å². The molecule has 1 N–H and O–H groups in total. The predicted molar refractivity (Wildman–Crippen MR) is 120 cm³/mol. The summed E-state index contributed by atoms with van der Waals surface area (Å²) in [5.41, 5.74) is 1.77. The second kappa shape index (κ2) is 9.18. The molecule has 1 saturated heterocycles. The van der Waals surface area contributed by atoms with Gasteiger partial charge in [-0.1, -0.05) is 18.2 Å². The van der Waals surface area contributed by atoms with Gasteiger partial charge in [0.25, 0.3) is 5.91 Å². The van der Waals surface area contributed by atoms with Gasteiger partial charge in [0.05, 0.1) is 23.0 Å². The molecule has 0 spiro atoms. The summed E-state index contributed by atoms with van der Waals surface area (Å²) in [6.07, 6.45) is 1.81.